The van der Waals surface area contributed by atoms with Gasteiger partial charge in [-0.25, -0.2) is 0 Å². The molecule has 0 aromatic rings. The van der Waals surface area contributed by atoms with Crippen molar-refractivity contribution in [2.24, 2.45) is 0 Å². The average Bonchev–Trinajstić information content (AvgIpc) is 3.30. The highest BCUT2D eigenvalue weighted by Gasteiger charge is 2.17. The third-order valence-corrected chi connectivity index (χ3v) is 9.54. The van der Waals surface area contributed by atoms with Crippen LogP contribution in [0.5, 0.6) is 0 Å². The summed E-state index contributed by atoms with van der Waals surface area (Å²) in [6, 6.07) is 0. The summed E-state index contributed by atoms with van der Waals surface area (Å²) in [5.74, 6) is -0.568. The molecule has 0 N–H and O–H groups in total. The Morgan fingerprint density at radius 1 is 0.359 bits per heavy atom. The lowest BCUT2D eigenvalue weighted by Gasteiger charge is -2.18. The Kier molecular flexibility index (Phi) is 49.2. The van der Waals surface area contributed by atoms with E-state index in [9.17, 15) is 9.59 Å². The van der Waals surface area contributed by atoms with Gasteiger partial charge < -0.3 is 14.2 Å². The van der Waals surface area contributed by atoms with Crippen LogP contribution in [0, 0.1) is 0 Å². The molecule has 0 amide bonds. The first-order valence-electron chi connectivity index (χ1n) is 25.0. The highest BCUT2D eigenvalue weighted by Crippen LogP contribution is 2.10. The minimum absolute atomic E-state index is 0.00208. The predicted octanol–water partition coefficient (Wildman–Crippen LogP) is 17.1. The maximum absolute atomic E-state index is 12.8. The Bertz CT molecular complexity index is 1460. The topological polar surface area (TPSA) is 61.8 Å². The number of rotatable bonds is 43. The summed E-state index contributed by atoms with van der Waals surface area (Å²) in [6.45, 7) is 7.19. The lowest BCUT2D eigenvalue weighted by Crippen LogP contribution is -2.30. The van der Waals surface area contributed by atoms with E-state index < -0.39 is 6.10 Å². The SMILES string of the molecule is CC/C=C\C/C=C\C/C=C\C/C=C\C/C=C\C/C=C\CCC(=O)OCC(COCC/C=C\C/C=C\C/C=C\C/C=C\C/C=C\CC)OC(=O)CCCCCCC/C=C\C/C=C\CCC. The summed E-state index contributed by atoms with van der Waals surface area (Å²) in [7, 11) is 0. The number of hydrogen-bond acceptors (Lipinski definition) is 5. The highest BCUT2D eigenvalue weighted by molar-refractivity contribution is 5.70. The van der Waals surface area contributed by atoms with Gasteiger partial charge in [0.15, 0.2) is 6.10 Å². The van der Waals surface area contributed by atoms with Crippen LogP contribution in [0.25, 0.3) is 0 Å². The molecule has 0 aliphatic rings. The molecule has 1 atom stereocenters. The molecule has 356 valence electrons. The van der Waals surface area contributed by atoms with E-state index in [0.29, 0.717) is 19.4 Å². The molecule has 0 fully saturated rings. The molecule has 5 nitrogen and oxygen atoms in total. The van der Waals surface area contributed by atoms with E-state index in [2.05, 4.69) is 173 Å². The van der Waals surface area contributed by atoms with Gasteiger partial charge in [-0.2, -0.15) is 0 Å². The number of esters is 2. The number of allylic oxidation sites excluding steroid dienone is 25. The smallest absolute Gasteiger partial charge is 0.306 e. The third-order valence-electron chi connectivity index (χ3n) is 9.54. The van der Waals surface area contributed by atoms with Gasteiger partial charge in [0, 0.05) is 12.8 Å². The lowest BCUT2D eigenvalue weighted by molar-refractivity contribution is -0.162. The summed E-state index contributed by atoms with van der Waals surface area (Å²) in [4.78, 5) is 25.3. The number of hydrogen-bond donors (Lipinski definition) is 0. The molecule has 5 heteroatoms. The lowest BCUT2D eigenvalue weighted by atomic mass is 10.1. The number of carbonyl (C=O) groups excluding carboxylic acids is 2. The van der Waals surface area contributed by atoms with Crippen molar-refractivity contribution in [1.82, 2.24) is 0 Å². The van der Waals surface area contributed by atoms with Gasteiger partial charge >= 0.3 is 11.9 Å². The first-order valence-corrected chi connectivity index (χ1v) is 25.0. The van der Waals surface area contributed by atoms with Crippen molar-refractivity contribution in [2.75, 3.05) is 19.8 Å². The molecule has 0 aliphatic heterocycles. The Morgan fingerprint density at radius 3 is 1.19 bits per heavy atom. The zero-order chi connectivity index (χ0) is 46.3. The largest absolute Gasteiger partial charge is 0.462 e. The second kappa shape index (κ2) is 52.9. The molecule has 0 bridgehead atoms. The zero-order valence-electron chi connectivity index (χ0n) is 40.7. The summed E-state index contributed by atoms with van der Waals surface area (Å²) in [6.07, 6.45) is 78.5. The molecular formula is C59H90O5. The predicted molar refractivity (Wildman–Crippen MR) is 278 cm³/mol. The summed E-state index contributed by atoms with van der Waals surface area (Å²) < 4.78 is 17.2. The van der Waals surface area contributed by atoms with Gasteiger partial charge in [-0.3, -0.25) is 9.59 Å². The normalized spacial score (nSPS) is 13.6. The first-order chi connectivity index (χ1) is 31.6. The fourth-order valence-electron chi connectivity index (χ4n) is 5.93. The molecule has 0 saturated heterocycles. The van der Waals surface area contributed by atoms with Crippen molar-refractivity contribution in [3.8, 4) is 0 Å². The molecule has 64 heavy (non-hydrogen) atoms. The summed E-state index contributed by atoms with van der Waals surface area (Å²) in [5.41, 5.74) is 0. The first kappa shape index (κ1) is 59.5. The molecule has 0 saturated carbocycles. The second-order valence-corrected chi connectivity index (χ2v) is 15.6. The van der Waals surface area contributed by atoms with Gasteiger partial charge in [0.1, 0.15) is 6.61 Å². The highest BCUT2D eigenvalue weighted by atomic mass is 16.6. The average molecular weight is 879 g/mol. The second-order valence-electron chi connectivity index (χ2n) is 15.6. The van der Waals surface area contributed by atoms with Crippen LogP contribution >= 0.6 is 0 Å². The van der Waals surface area contributed by atoms with E-state index >= 15 is 0 Å². The standard InChI is InChI=1S/C59H90O5/c1-4-7-10-13-16-19-22-25-27-29-30-31-32-35-37-40-43-46-49-52-58(60)63-56-57(64-59(61)53-50-47-44-41-38-34-24-21-18-15-12-9-6-3)55-62-54-51-48-45-42-39-36-33-28-26-23-20-17-14-11-8-5-2/h7-8,10-12,15-17,19-21,24-28,30-31,35-37,39,43,45-46,48,57H,4-6,9,13-14,18,22-23,29,32-34,38,40-42,44,47,49-56H2,1-3H3/b10-7-,11-8-,15-12-,19-16-,20-17-,24-21-,27-25-,28-26-,31-30-,37-35-,39-36-,46-43-,48-45-. The van der Waals surface area contributed by atoms with E-state index in [1.54, 1.807) is 0 Å². The van der Waals surface area contributed by atoms with Crippen LogP contribution in [0.4, 0.5) is 0 Å². The Morgan fingerprint density at radius 2 is 0.734 bits per heavy atom. The maximum Gasteiger partial charge on any atom is 0.306 e. The molecule has 0 aromatic heterocycles. The van der Waals surface area contributed by atoms with Crippen molar-refractivity contribution in [2.45, 2.75) is 181 Å². The molecule has 0 radical (unpaired) electrons. The van der Waals surface area contributed by atoms with Crippen molar-refractivity contribution >= 4 is 11.9 Å². The van der Waals surface area contributed by atoms with Crippen LogP contribution in [0.15, 0.2) is 158 Å². The fourth-order valence-corrected chi connectivity index (χ4v) is 5.93. The third kappa shape index (κ3) is 50.2. The zero-order valence-corrected chi connectivity index (χ0v) is 40.7. The molecule has 0 aromatic carbocycles. The minimum atomic E-state index is -0.626. The Labute approximate surface area is 393 Å². The van der Waals surface area contributed by atoms with Crippen LogP contribution in [0.2, 0.25) is 0 Å². The van der Waals surface area contributed by atoms with Crippen molar-refractivity contribution in [3.63, 3.8) is 0 Å². The minimum Gasteiger partial charge on any atom is -0.462 e. The number of carbonyl (C=O) groups is 2. The van der Waals surface area contributed by atoms with Crippen molar-refractivity contribution < 1.29 is 23.8 Å². The molecule has 1 unspecified atom stereocenters. The van der Waals surface area contributed by atoms with Gasteiger partial charge in [-0.1, -0.05) is 204 Å². The molecule has 0 spiro atoms. The van der Waals surface area contributed by atoms with Crippen LogP contribution in [-0.4, -0.2) is 37.9 Å². The van der Waals surface area contributed by atoms with E-state index in [-0.39, 0.29) is 31.6 Å². The van der Waals surface area contributed by atoms with Crippen LogP contribution < -0.4 is 0 Å². The van der Waals surface area contributed by atoms with Gasteiger partial charge in [-0.05, 0) is 116 Å². The fraction of sp³-hybridized carbons (Fsp3) is 0.525. The molecule has 0 rings (SSSR count). The Hall–Kier alpha value is -4.48. The van der Waals surface area contributed by atoms with Gasteiger partial charge in [0.2, 0.25) is 0 Å². The van der Waals surface area contributed by atoms with Gasteiger partial charge in [-0.15, -0.1) is 0 Å². The van der Waals surface area contributed by atoms with Crippen molar-refractivity contribution in [1.29, 1.82) is 0 Å². The molecular weight excluding hydrogens is 789 g/mol. The quantitative estimate of drug-likeness (QED) is 0.0347. The van der Waals surface area contributed by atoms with Crippen LogP contribution in [0.1, 0.15) is 175 Å². The summed E-state index contributed by atoms with van der Waals surface area (Å²) >= 11 is 0. The maximum atomic E-state index is 12.8. The van der Waals surface area contributed by atoms with Crippen LogP contribution in [0.3, 0.4) is 0 Å². The van der Waals surface area contributed by atoms with E-state index in [1.165, 1.54) is 12.8 Å². The molecule has 0 aliphatic carbocycles. The van der Waals surface area contributed by atoms with Gasteiger partial charge in [0.25, 0.3) is 0 Å². The van der Waals surface area contributed by atoms with Crippen molar-refractivity contribution in [3.05, 3.63) is 158 Å². The Balaban J connectivity index is 4.55. The number of unbranched alkanes of at least 4 members (excludes halogenated alkanes) is 6. The summed E-state index contributed by atoms with van der Waals surface area (Å²) in [5, 5.41) is 0. The van der Waals surface area contributed by atoms with Gasteiger partial charge in [0.05, 0.1) is 13.2 Å². The van der Waals surface area contributed by atoms with E-state index in [1.807, 2.05) is 6.08 Å². The van der Waals surface area contributed by atoms with Crippen LogP contribution in [-0.2, 0) is 23.8 Å². The van der Waals surface area contributed by atoms with E-state index in [4.69, 9.17) is 14.2 Å². The molecule has 0 heterocycles. The number of ether oxygens (including phenoxy) is 3. The van der Waals surface area contributed by atoms with E-state index in [0.717, 1.165) is 122 Å². The monoisotopic (exact) mass is 879 g/mol.